The number of aromatic hydroxyl groups is 1. The maximum atomic E-state index is 13.6. The van der Waals surface area contributed by atoms with Crippen LogP contribution in [0.4, 0.5) is 30.7 Å². The first-order chi connectivity index (χ1) is 23.0. The summed E-state index contributed by atoms with van der Waals surface area (Å²) in [4.78, 5) is 12.3. The highest BCUT2D eigenvalue weighted by atomic mass is 19.4. The van der Waals surface area contributed by atoms with Gasteiger partial charge in [-0.25, -0.2) is 0 Å². The molecule has 5 nitrogen and oxygen atoms in total. The summed E-state index contributed by atoms with van der Waals surface area (Å²) in [5.74, 6) is -10.1. The number of rotatable bonds is 13. The van der Waals surface area contributed by atoms with Crippen LogP contribution in [0.2, 0.25) is 0 Å². The van der Waals surface area contributed by atoms with Gasteiger partial charge in [0, 0.05) is 13.5 Å². The molecule has 0 radical (unpaired) electrons. The Kier molecular flexibility index (Phi) is 10.9. The fraction of sp³-hybridized carbons (Fsp3) is 0.649. The van der Waals surface area contributed by atoms with Gasteiger partial charge in [0.25, 0.3) is 0 Å². The maximum Gasteiger partial charge on any atom is 0.459 e. The molecule has 3 aliphatic carbocycles. The van der Waals surface area contributed by atoms with Crippen molar-refractivity contribution in [1.29, 1.82) is 0 Å². The first-order valence-corrected chi connectivity index (χ1v) is 17.2. The molecular weight excluding hydrogens is 655 g/mol. The summed E-state index contributed by atoms with van der Waals surface area (Å²) >= 11 is 0. The molecule has 272 valence electrons. The normalized spacial score (nSPS) is 26.9. The molecule has 2 N–H and O–H groups in total. The summed E-state index contributed by atoms with van der Waals surface area (Å²) in [6.07, 6.45) is 0.819. The predicted octanol–water partition coefficient (Wildman–Crippen LogP) is 9.01. The van der Waals surface area contributed by atoms with Gasteiger partial charge in [0.2, 0.25) is 5.91 Å². The molecule has 1 amide bonds. The highest BCUT2D eigenvalue weighted by Crippen LogP contribution is 2.65. The molecule has 2 aromatic rings. The van der Waals surface area contributed by atoms with Crippen molar-refractivity contribution in [3.8, 4) is 11.5 Å². The molecule has 6 atom stereocenters. The Labute approximate surface area is 282 Å². The number of ether oxygens (including phenoxy) is 1. The molecule has 0 saturated heterocycles. The van der Waals surface area contributed by atoms with Gasteiger partial charge in [-0.3, -0.25) is 4.79 Å². The summed E-state index contributed by atoms with van der Waals surface area (Å²) in [5, 5.41) is 21.2. The fourth-order valence-corrected chi connectivity index (χ4v) is 8.79. The third-order valence-electron chi connectivity index (χ3n) is 11.5. The Balaban J connectivity index is 1.07. The molecule has 2 aromatic carbocycles. The molecule has 0 spiro atoms. The van der Waals surface area contributed by atoms with E-state index < -0.39 is 30.5 Å². The number of phenolic OH excluding ortho intramolecular Hbond substituents is 1. The molecule has 49 heavy (non-hydrogen) atoms. The number of carbonyl (C=O) groups excluding carboxylic acids is 1. The monoisotopic (exact) mass is 701 g/mol. The van der Waals surface area contributed by atoms with Gasteiger partial charge in [-0.1, -0.05) is 44.4 Å². The van der Waals surface area contributed by atoms with E-state index in [-0.39, 0.29) is 40.9 Å². The number of alkyl halides is 7. The Bertz CT molecular complexity index is 1450. The van der Waals surface area contributed by atoms with Crippen LogP contribution in [0.1, 0.15) is 99.7 Å². The molecule has 5 rings (SSSR count). The lowest BCUT2D eigenvalue weighted by molar-refractivity contribution is -0.355. The van der Waals surface area contributed by atoms with Crippen LogP contribution in [-0.2, 0) is 11.2 Å². The highest BCUT2D eigenvalue weighted by Gasteiger charge is 2.73. The average molecular weight is 702 g/mol. The van der Waals surface area contributed by atoms with Gasteiger partial charge >= 0.3 is 18.0 Å². The molecule has 12 heteroatoms. The number of benzene rings is 2. The third-order valence-corrected chi connectivity index (χ3v) is 11.5. The van der Waals surface area contributed by atoms with Gasteiger partial charge in [-0.15, -0.1) is 0 Å². The lowest BCUT2D eigenvalue weighted by Gasteiger charge is -2.54. The number of carbonyl (C=O) groups is 1. The SMILES string of the molecule is CN(CC(F)(F)C(F)(F)C(F)(F)F)C(=O)CCCCCCCOc1ccc([C@H]2C[C@@]3(C)C(CC[C@@H]3O)C3CCc4cc(O)ccc4C32)cc1. The summed E-state index contributed by atoms with van der Waals surface area (Å²) in [7, 11) is 0.787. The number of unbranched alkanes of at least 4 members (excludes halogenated alkanes) is 4. The second kappa shape index (κ2) is 14.3. The van der Waals surface area contributed by atoms with Crippen LogP contribution >= 0.6 is 0 Å². The minimum atomic E-state index is -6.43. The Morgan fingerprint density at radius 1 is 0.939 bits per heavy atom. The molecule has 2 saturated carbocycles. The molecule has 3 aliphatic rings. The summed E-state index contributed by atoms with van der Waals surface area (Å²) in [5.41, 5.74) is 3.59. The standard InChI is InChI=1S/C37H46F7NO4/c1-34-21-29(33-27-16-12-25(46)20-24(27)11-15-28(33)30(34)17-18-31(34)47)23-9-13-26(14-10-23)49-19-7-5-3-4-6-8-32(48)45(2)22-35(38,39)36(40,41)37(42,43)44/h9-10,12-14,16,20,28-31,33,46-47H,3-8,11,15,17-19,21-22H2,1-2H3/t28?,29-,30?,31+,33?,34+/m1/s1. The second-order valence-electron chi connectivity index (χ2n) is 14.6. The van der Waals surface area contributed by atoms with Gasteiger partial charge in [0.05, 0.1) is 19.3 Å². The predicted molar refractivity (Wildman–Crippen MR) is 170 cm³/mol. The Morgan fingerprint density at radius 2 is 1.61 bits per heavy atom. The number of fused-ring (bicyclic) bond motifs is 5. The van der Waals surface area contributed by atoms with Crippen molar-refractivity contribution >= 4 is 5.91 Å². The number of halogens is 7. The first-order valence-electron chi connectivity index (χ1n) is 17.2. The van der Waals surface area contributed by atoms with E-state index in [0.717, 1.165) is 57.7 Å². The minimum absolute atomic E-state index is 0.137. The summed E-state index contributed by atoms with van der Waals surface area (Å²) in [6, 6.07) is 13.9. The number of aliphatic hydroxyl groups excluding tert-OH is 1. The van der Waals surface area contributed by atoms with Crippen LogP contribution in [-0.4, -0.2) is 65.3 Å². The van der Waals surface area contributed by atoms with Crippen molar-refractivity contribution in [3.05, 3.63) is 59.2 Å². The molecular formula is C37H46F7NO4. The van der Waals surface area contributed by atoms with Gasteiger partial charge in [-0.05, 0) is 115 Å². The van der Waals surface area contributed by atoms with Crippen molar-refractivity contribution in [2.45, 2.75) is 114 Å². The number of aryl methyl sites for hydroxylation is 1. The second-order valence-corrected chi connectivity index (χ2v) is 14.6. The van der Waals surface area contributed by atoms with Crippen LogP contribution in [0.3, 0.4) is 0 Å². The van der Waals surface area contributed by atoms with E-state index in [2.05, 4.69) is 25.1 Å². The topological polar surface area (TPSA) is 70.0 Å². The van der Waals surface area contributed by atoms with E-state index >= 15 is 0 Å². The average Bonchev–Trinajstić information content (AvgIpc) is 3.34. The minimum Gasteiger partial charge on any atom is -0.508 e. The van der Waals surface area contributed by atoms with Crippen LogP contribution in [0.25, 0.3) is 0 Å². The number of nitrogens with zero attached hydrogens (tertiary/aromatic N) is 1. The lowest BCUT2D eigenvalue weighted by atomic mass is 9.51. The quantitative estimate of drug-likeness (QED) is 0.162. The Hall–Kier alpha value is -3.02. The van der Waals surface area contributed by atoms with E-state index in [4.69, 9.17) is 4.74 Å². The first kappa shape index (κ1) is 37.2. The number of amides is 1. The zero-order chi connectivity index (χ0) is 35.8. The van der Waals surface area contributed by atoms with Crippen LogP contribution in [0.15, 0.2) is 42.5 Å². The molecule has 2 fully saturated rings. The summed E-state index contributed by atoms with van der Waals surface area (Å²) < 4.78 is 96.4. The zero-order valence-corrected chi connectivity index (χ0v) is 27.9. The maximum absolute atomic E-state index is 13.6. The van der Waals surface area contributed by atoms with E-state index in [1.54, 1.807) is 6.07 Å². The highest BCUT2D eigenvalue weighted by molar-refractivity contribution is 5.75. The number of hydrogen-bond acceptors (Lipinski definition) is 4. The van der Waals surface area contributed by atoms with Crippen LogP contribution in [0, 0.1) is 17.3 Å². The number of aliphatic hydroxyl groups is 1. The van der Waals surface area contributed by atoms with E-state index in [1.807, 2.05) is 18.2 Å². The third kappa shape index (κ3) is 7.54. The molecule has 0 bridgehead atoms. The smallest absolute Gasteiger partial charge is 0.459 e. The Morgan fingerprint density at radius 3 is 2.31 bits per heavy atom. The molecule has 3 unspecified atom stereocenters. The lowest BCUT2D eigenvalue weighted by Crippen LogP contribution is -2.57. The van der Waals surface area contributed by atoms with E-state index in [9.17, 15) is 45.7 Å². The number of hydrogen-bond donors (Lipinski definition) is 2. The van der Waals surface area contributed by atoms with Gasteiger partial charge in [0.1, 0.15) is 11.5 Å². The largest absolute Gasteiger partial charge is 0.508 e. The summed E-state index contributed by atoms with van der Waals surface area (Å²) in [6.45, 7) is 0.688. The number of phenols is 1. The van der Waals surface area contributed by atoms with Crippen molar-refractivity contribution < 1.29 is 50.5 Å². The fourth-order valence-electron chi connectivity index (χ4n) is 8.79. The van der Waals surface area contributed by atoms with Gasteiger partial charge < -0.3 is 19.8 Å². The van der Waals surface area contributed by atoms with E-state index in [0.29, 0.717) is 37.2 Å². The zero-order valence-electron chi connectivity index (χ0n) is 27.9. The van der Waals surface area contributed by atoms with Gasteiger partial charge in [0.15, 0.2) is 0 Å². The van der Waals surface area contributed by atoms with Crippen molar-refractivity contribution in [2.24, 2.45) is 17.3 Å². The van der Waals surface area contributed by atoms with Crippen molar-refractivity contribution in [2.75, 3.05) is 20.2 Å². The van der Waals surface area contributed by atoms with Crippen molar-refractivity contribution in [1.82, 2.24) is 4.90 Å². The van der Waals surface area contributed by atoms with Gasteiger partial charge in [-0.2, -0.15) is 30.7 Å². The molecule has 0 aliphatic heterocycles. The molecule has 0 heterocycles. The van der Waals surface area contributed by atoms with Crippen molar-refractivity contribution in [3.63, 3.8) is 0 Å². The molecule has 0 aromatic heterocycles. The van der Waals surface area contributed by atoms with Crippen LogP contribution < -0.4 is 4.74 Å². The van der Waals surface area contributed by atoms with Crippen LogP contribution in [0.5, 0.6) is 11.5 Å². The van der Waals surface area contributed by atoms with E-state index in [1.165, 1.54) is 16.7 Å².